The Morgan fingerprint density at radius 3 is 2.69 bits per heavy atom. The molecule has 0 bridgehead atoms. The number of nitrogen functional groups attached to an aromatic ring is 1. The van der Waals surface area contributed by atoms with Gasteiger partial charge in [0, 0.05) is 6.54 Å². The fourth-order valence-corrected chi connectivity index (χ4v) is 3.48. The molecule has 32 heavy (non-hydrogen) atoms. The van der Waals surface area contributed by atoms with E-state index < -0.39 is 0 Å². The Bertz CT molecular complexity index is 1170. The summed E-state index contributed by atoms with van der Waals surface area (Å²) in [5, 5.41) is 16.8. The van der Waals surface area contributed by atoms with E-state index in [1.165, 1.54) is 16.8 Å². The number of nitrogens with zero attached hydrogens (tertiary/aromatic N) is 3. The third-order valence-electron chi connectivity index (χ3n) is 5.06. The second kappa shape index (κ2) is 9.39. The highest BCUT2D eigenvalue weighted by atomic mass is 19.1. The number of amides is 1. The smallest absolute Gasteiger partial charge is 0.224 e. The van der Waals surface area contributed by atoms with Crippen molar-refractivity contribution in [1.82, 2.24) is 15.1 Å². The molecule has 0 radical (unpaired) electrons. The number of fused-ring (bicyclic) bond motifs is 1. The molecule has 2 heterocycles. The molecule has 8 nitrogen and oxygen atoms in total. The van der Waals surface area contributed by atoms with E-state index in [-0.39, 0.29) is 29.5 Å². The van der Waals surface area contributed by atoms with Gasteiger partial charge < -0.3 is 20.5 Å². The zero-order valence-corrected chi connectivity index (χ0v) is 17.3. The van der Waals surface area contributed by atoms with Gasteiger partial charge in [0.1, 0.15) is 36.5 Å². The Labute approximate surface area is 184 Å². The molecule has 3 aromatic rings. The number of aryl methyl sites for hydroxylation is 1. The summed E-state index contributed by atoms with van der Waals surface area (Å²) in [5.74, 6) is 1.07. The second-order valence-corrected chi connectivity index (χ2v) is 7.32. The number of halogens is 1. The Morgan fingerprint density at radius 1 is 1.19 bits per heavy atom. The van der Waals surface area contributed by atoms with E-state index in [0.717, 1.165) is 5.56 Å². The minimum Gasteiger partial charge on any atom is -0.486 e. The largest absolute Gasteiger partial charge is 0.486 e. The zero-order chi connectivity index (χ0) is 22.5. The van der Waals surface area contributed by atoms with Crippen LogP contribution in [0.25, 0.3) is 5.69 Å². The number of carbonyl (C=O) groups is 1. The van der Waals surface area contributed by atoms with Crippen LogP contribution in [0.1, 0.15) is 23.2 Å². The first-order valence-corrected chi connectivity index (χ1v) is 10.2. The van der Waals surface area contributed by atoms with Crippen LogP contribution in [-0.4, -0.2) is 35.4 Å². The number of hydrogen-bond acceptors (Lipinski definition) is 6. The number of nitrogens with one attached hydrogen (secondary N) is 1. The highest BCUT2D eigenvalue weighted by Gasteiger charge is 2.17. The van der Waals surface area contributed by atoms with Gasteiger partial charge in [-0.2, -0.15) is 10.4 Å². The summed E-state index contributed by atoms with van der Waals surface area (Å²) in [5.41, 5.74) is 8.30. The van der Waals surface area contributed by atoms with Gasteiger partial charge in [0.05, 0.1) is 17.8 Å². The lowest BCUT2D eigenvalue weighted by atomic mass is 10.1. The summed E-state index contributed by atoms with van der Waals surface area (Å²) in [6.45, 7) is 1.44. The predicted molar refractivity (Wildman–Crippen MR) is 115 cm³/mol. The average molecular weight is 435 g/mol. The molecule has 1 aromatic heterocycles. The lowest BCUT2D eigenvalue weighted by molar-refractivity contribution is -0.120. The maximum atomic E-state index is 13.2. The van der Waals surface area contributed by atoms with Crippen LogP contribution in [-0.2, 0) is 17.6 Å². The van der Waals surface area contributed by atoms with Gasteiger partial charge >= 0.3 is 0 Å². The molecule has 0 spiro atoms. The van der Waals surface area contributed by atoms with Crippen LogP contribution in [0, 0.1) is 17.1 Å². The molecule has 164 valence electrons. The molecule has 9 heteroatoms. The van der Waals surface area contributed by atoms with Crippen LogP contribution >= 0.6 is 0 Å². The molecule has 4 rings (SSSR count). The SMILES string of the molecule is N#Cc1c(CCCNC(=O)Cc2ccc3c(c2)OCCO3)nn(-c2ccc(F)cc2)c1N. The Hall–Kier alpha value is -4.06. The molecule has 0 saturated carbocycles. The summed E-state index contributed by atoms with van der Waals surface area (Å²) >= 11 is 0. The van der Waals surface area contributed by atoms with Crippen molar-refractivity contribution in [2.75, 3.05) is 25.5 Å². The van der Waals surface area contributed by atoms with Gasteiger partial charge in [0.2, 0.25) is 5.91 Å². The predicted octanol–water partition coefficient (Wildman–Crippen LogP) is 2.53. The normalized spacial score (nSPS) is 12.2. The van der Waals surface area contributed by atoms with Crippen LogP contribution in [0.3, 0.4) is 0 Å². The van der Waals surface area contributed by atoms with Crippen molar-refractivity contribution in [3.05, 3.63) is 65.1 Å². The summed E-state index contributed by atoms with van der Waals surface area (Å²) < 4.78 is 25.6. The minimum atomic E-state index is -0.368. The average Bonchev–Trinajstić information content (AvgIpc) is 3.12. The van der Waals surface area contributed by atoms with Crippen molar-refractivity contribution in [3.63, 3.8) is 0 Å². The van der Waals surface area contributed by atoms with E-state index in [9.17, 15) is 14.4 Å². The summed E-state index contributed by atoms with van der Waals surface area (Å²) in [6.07, 6.45) is 1.28. The van der Waals surface area contributed by atoms with E-state index in [1.807, 2.05) is 18.2 Å². The van der Waals surface area contributed by atoms with E-state index in [2.05, 4.69) is 16.5 Å². The van der Waals surface area contributed by atoms with Crippen LogP contribution < -0.4 is 20.5 Å². The van der Waals surface area contributed by atoms with Crippen LogP contribution in [0.2, 0.25) is 0 Å². The monoisotopic (exact) mass is 435 g/mol. The molecule has 3 N–H and O–H groups in total. The van der Waals surface area contributed by atoms with Crippen molar-refractivity contribution >= 4 is 11.7 Å². The number of nitriles is 1. The van der Waals surface area contributed by atoms with E-state index >= 15 is 0 Å². The van der Waals surface area contributed by atoms with Gasteiger partial charge in [0.25, 0.3) is 0 Å². The molecule has 0 aliphatic carbocycles. The van der Waals surface area contributed by atoms with Crippen molar-refractivity contribution < 1.29 is 18.7 Å². The Morgan fingerprint density at radius 2 is 1.94 bits per heavy atom. The van der Waals surface area contributed by atoms with Crippen LogP contribution in [0.5, 0.6) is 11.5 Å². The van der Waals surface area contributed by atoms with E-state index in [4.69, 9.17) is 15.2 Å². The Balaban J connectivity index is 1.31. The van der Waals surface area contributed by atoms with Crippen molar-refractivity contribution in [2.45, 2.75) is 19.3 Å². The quantitative estimate of drug-likeness (QED) is 0.551. The third-order valence-corrected chi connectivity index (χ3v) is 5.06. The number of benzene rings is 2. The second-order valence-electron chi connectivity index (χ2n) is 7.32. The summed E-state index contributed by atoms with van der Waals surface area (Å²) in [6, 6.07) is 13.2. The highest BCUT2D eigenvalue weighted by Crippen LogP contribution is 2.30. The van der Waals surface area contributed by atoms with Crippen molar-refractivity contribution in [3.8, 4) is 23.3 Å². The van der Waals surface area contributed by atoms with Crippen molar-refractivity contribution in [2.24, 2.45) is 0 Å². The number of carbonyl (C=O) groups excluding carboxylic acids is 1. The highest BCUT2D eigenvalue weighted by molar-refractivity contribution is 5.78. The fourth-order valence-electron chi connectivity index (χ4n) is 3.48. The molecular weight excluding hydrogens is 413 g/mol. The molecule has 0 unspecified atom stereocenters. The molecule has 0 saturated heterocycles. The van der Waals surface area contributed by atoms with Gasteiger partial charge in [-0.1, -0.05) is 6.07 Å². The number of ether oxygens (including phenoxy) is 2. The maximum Gasteiger partial charge on any atom is 0.224 e. The Kier molecular flexibility index (Phi) is 6.22. The molecular formula is C23H22FN5O3. The molecule has 2 aromatic carbocycles. The molecule has 1 amide bonds. The van der Waals surface area contributed by atoms with Gasteiger partial charge in [0.15, 0.2) is 11.5 Å². The lowest BCUT2D eigenvalue weighted by Gasteiger charge is -2.18. The molecule has 1 aliphatic heterocycles. The topological polar surface area (TPSA) is 115 Å². The van der Waals surface area contributed by atoms with Gasteiger partial charge in [-0.25, -0.2) is 9.07 Å². The first kappa shape index (κ1) is 21.2. The first-order chi connectivity index (χ1) is 15.5. The van der Waals surface area contributed by atoms with Gasteiger partial charge in [-0.15, -0.1) is 0 Å². The molecule has 0 fully saturated rings. The number of hydrogen-bond donors (Lipinski definition) is 2. The van der Waals surface area contributed by atoms with E-state index in [1.54, 1.807) is 12.1 Å². The molecule has 0 atom stereocenters. The number of anilines is 1. The summed E-state index contributed by atoms with van der Waals surface area (Å²) in [7, 11) is 0. The maximum absolute atomic E-state index is 13.2. The first-order valence-electron chi connectivity index (χ1n) is 10.2. The number of nitrogens with two attached hydrogens (primary N) is 1. The zero-order valence-electron chi connectivity index (χ0n) is 17.3. The van der Waals surface area contributed by atoms with Crippen LogP contribution in [0.4, 0.5) is 10.2 Å². The third kappa shape index (κ3) is 4.64. The minimum absolute atomic E-state index is 0.112. The number of rotatable bonds is 7. The van der Waals surface area contributed by atoms with Gasteiger partial charge in [-0.05, 0) is 54.8 Å². The van der Waals surface area contributed by atoms with Crippen molar-refractivity contribution in [1.29, 1.82) is 5.26 Å². The fraction of sp³-hybridized carbons (Fsp3) is 0.261. The van der Waals surface area contributed by atoms with Gasteiger partial charge in [-0.3, -0.25) is 4.79 Å². The summed E-state index contributed by atoms with van der Waals surface area (Å²) in [4.78, 5) is 12.3. The molecule has 1 aliphatic rings. The van der Waals surface area contributed by atoms with Crippen LogP contribution in [0.15, 0.2) is 42.5 Å². The lowest BCUT2D eigenvalue weighted by Crippen LogP contribution is -2.26. The number of aromatic nitrogens is 2. The van der Waals surface area contributed by atoms with E-state index in [0.29, 0.717) is 55.5 Å². The standard InChI is InChI=1S/C23H22FN5O3/c24-16-4-6-17(7-5-16)29-23(26)18(14-25)19(28-29)2-1-9-27-22(30)13-15-3-8-20-21(12-15)32-11-10-31-20/h3-8,12H,1-2,9-11,13,26H2,(H,27,30).